The molecule has 8 heteroatoms. The topological polar surface area (TPSA) is 85.2 Å². The summed E-state index contributed by atoms with van der Waals surface area (Å²) < 4.78 is 7.77. The van der Waals surface area contributed by atoms with Crippen LogP contribution >= 0.6 is 15.9 Å². The maximum Gasteiger partial charge on any atom is 0.258 e. The van der Waals surface area contributed by atoms with Crippen LogP contribution in [-0.4, -0.2) is 40.8 Å². The van der Waals surface area contributed by atoms with E-state index in [0.29, 0.717) is 22.9 Å². The summed E-state index contributed by atoms with van der Waals surface area (Å²) >= 11 is 3.37. The van der Waals surface area contributed by atoms with Gasteiger partial charge in [0.05, 0.1) is 10.2 Å². The number of benzene rings is 1. The summed E-state index contributed by atoms with van der Waals surface area (Å²) in [5.41, 5.74) is 0.893. The molecule has 1 aromatic carbocycles. The predicted molar refractivity (Wildman–Crippen MR) is 95.6 cm³/mol. The van der Waals surface area contributed by atoms with Gasteiger partial charge in [0.2, 0.25) is 11.8 Å². The van der Waals surface area contributed by atoms with Crippen molar-refractivity contribution in [3.63, 3.8) is 0 Å². The molecule has 2 amide bonds. The summed E-state index contributed by atoms with van der Waals surface area (Å²) in [5.74, 6) is 0.0129. The molecule has 0 atom stereocenters. The number of carbonyl (C=O) groups is 2. The second-order valence-corrected chi connectivity index (χ2v) is 6.65. The Bertz CT molecular complexity index is 744. The third kappa shape index (κ3) is 5.32. The van der Waals surface area contributed by atoms with Crippen LogP contribution in [0.4, 0.5) is 0 Å². The molecule has 2 N–H and O–H groups in total. The van der Waals surface area contributed by atoms with Crippen molar-refractivity contribution in [3.05, 3.63) is 41.0 Å². The predicted octanol–water partition coefficient (Wildman–Crippen LogP) is 1.80. The molecule has 1 heterocycles. The van der Waals surface area contributed by atoms with Crippen LogP contribution in [0.25, 0.3) is 5.69 Å². The zero-order valence-electron chi connectivity index (χ0n) is 13.6. The van der Waals surface area contributed by atoms with Crippen molar-refractivity contribution in [2.45, 2.75) is 25.3 Å². The number of amides is 2. The molecule has 0 saturated heterocycles. The van der Waals surface area contributed by atoms with Crippen molar-refractivity contribution in [3.8, 4) is 11.6 Å². The molecule has 3 rings (SSSR count). The zero-order valence-corrected chi connectivity index (χ0v) is 15.2. The molecule has 1 aliphatic carbocycles. The van der Waals surface area contributed by atoms with Crippen LogP contribution in [0.3, 0.4) is 0 Å². The second-order valence-electron chi connectivity index (χ2n) is 5.79. The number of hydrogen-bond donors (Lipinski definition) is 2. The monoisotopic (exact) mass is 406 g/mol. The van der Waals surface area contributed by atoms with Crippen LogP contribution < -0.4 is 15.4 Å². The molecule has 0 spiro atoms. The number of aromatic nitrogens is 2. The molecule has 0 unspecified atom stereocenters. The molecule has 132 valence electrons. The highest BCUT2D eigenvalue weighted by Crippen LogP contribution is 2.24. The minimum absolute atomic E-state index is 0.0342. The lowest BCUT2D eigenvalue weighted by atomic mass is 10.3. The maximum atomic E-state index is 11.8. The van der Waals surface area contributed by atoms with E-state index in [4.69, 9.17) is 4.74 Å². The van der Waals surface area contributed by atoms with E-state index in [9.17, 15) is 9.59 Å². The number of nitrogens with one attached hydrogen (secondary N) is 2. The molecule has 1 aliphatic rings. The van der Waals surface area contributed by atoms with Crippen molar-refractivity contribution in [1.29, 1.82) is 0 Å². The lowest BCUT2D eigenvalue weighted by Gasteiger charge is -2.06. The van der Waals surface area contributed by atoms with Gasteiger partial charge in [-0.15, -0.1) is 5.10 Å². The molecule has 1 fully saturated rings. The SMILES string of the molecule is O=C(COc1nn(-c2ccccc2)cc1Br)NCCC(=O)NC1CC1. The first-order valence-corrected chi connectivity index (χ1v) is 8.90. The molecular formula is C17H19BrN4O3. The number of hydrogen-bond acceptors (Lipinski definition) is 4. The lowest BCUT2D eigenvalue weighted by molar-refractivity contribution is -0.123. The van der Waals surface area contributed by atoms with Gasteiger partial charge in [-0.2, -0.15) is 0 Å². The van der Waals surface area contributed by atoms with Gasteiger partial charge in [0.25, 0.3) is 5.91 Å². The summed E-state index contributed by atoms with van der Waals surface area (Å²) in [7, 11) is 0. The van der Waals surface area contributed by atoms with E-state index in [-0.39, 0.29) is 24.8 Å². The number of ether oxygens (including phenoxy) is 1. The number of para-hydroxylation sites is 1. The number of halogens is 1. The fourth-order valence-corrected chi connectivity index (χ4v) is 2.56. The number of nitrogens with zero attached hydrogens (tertiary/aromatic N) is 2. The van der Waals surface area contributed by atoms with E-state index in [1.54, 1.807) is 10.9 Å². The summed E-state index contributed by atoms with van der Waals surface area (Å²) in [4.78, 5) is 23.3. The molecule has 7 nitrogen and oxygen atoms in total. The molecule has 2 aromatic rings. The Balaban J connectivity index is 1.42. The summed E-state index contributed by atoms with van der Waals surface area (Å²) in [6.45, 7) is 0.134. The maximum absolute atomic E-state index is 11.8. The third-order valence-electron chi connectivity index (χ3n) is 3.62. The van der Waals surface area contributed by atoms with E-state index < -0.39 is 0 Å². The first-order chi connectivity index (χ1) is 12.1. The van der Waals surface area contributed by atoms with Crippen LogP contribution in [0.2, 0.25) is 0 Å². The minimum atomic E-state index is -0.291. The quantitative estimate of drug-likeness (QED) is 0.699. The molecular weight excluding hydrogens is 388 g/mol. The first-order valence-electron chi connectivity index (χ1n) is 8.11. The van der Waals surface area contributed by atoms with Crippen molar-refractivity contribution in [1.82, 2.24) is 20.4 Å². The van der Waals surface area contributed by atoms with Gasteiger partial charge in [0.1, 0.15) is 0 Å². The summed E-state index contributed by atoms with van der Waals surface area (Å²) in [5, 5.41) is 9.84. The Morgan fingerprint density at radius 3 is 2.72 bits per heavy atom. The van der Waals surface area contributed by atoms with Gasteiger partial charge >= 0.3 is 0 Å². The molecule has 0 aliphatic heterocycles. The highest BCUT2D eigenvalue weighted by atomic mass is 79.9. The fourth-order valence-electron chi connectivity index (χ4n) is 2.18. The minimum Gasteiger partial charge on any atom is -0.466 e. The van der Waals surface area contributed by atoms with Crippen molar-refractivity contribution in [2.75, 3.05) is 13.2 Å². The van der Waals surface area contributed by atoms with Crippen LogP contribution in [-0.2, 0) is 9.59 Å². The molecule has 25 heavy (non-hydrogen) atoms. The average Bonchev–Trinajstić information content (AvgIpc) is 3.34. The van der Waals surface area contributed by atoms with Gasteiger partial charge in [-0.3, -0.25) is 9.59 Å². The van der Waals surface area contributed by atoms with Crippen molar-refractivity contribution < 1.29 is 14.3 Å². The van der Waals surface area contributed by atoms with Gasteiger partial charge in [-0.25, -0.2) is 4.68 Å². The lowest BCUT2D eigenvalue weighted by Crippen LogP contribution is -2.34. The van der Waals surface area contributed by atoms with E-state index in [1.165, 1.54) is 0 Å². The van der Waals surface area contributed by atoms with Gasteiger partial charge < -0.3 is 15.4 Å². The average molecular weight is 407 g/mol. The van der Waals surface area contributed by atoms with E-state index in [2.05, 4.69) is 31.7 Å². The smallest absolute Gasteiger partial charge is 0.258 e. The summed E-state index contributed by atoms with van der Waals surface area (Å²) in [6.07, 6.45) is 4.15. The van der Waals surface area contributed by atoms with Crippen LogP contribution in [0.5, 0.6) is 5.88 Å². The normalized spacial score (nSPS) is 13.3. The van der Waals surface area contributed by atoms with Gasteiger partial charge in [-0.1, -0.05) is 18.2 Å². The Labute approximate surface area is 153 Å². The van der Waals surface area contributed by atoms with E-state index in [0.717, 1.165) is 18.5 Å². The highest BCUT2D eigenvalue weighted by molar-refractivity contribution is 9.10. The molecule has 1 saturated carbocycles. The van der Waals surface area contributed by atoms with Crippen LogP contribution in [0, 0.1) is 0 Å². The Morgan fingerprint density at radius 2 is 2.00 bits per heavy atom. The van der Waals surface area contributed by atoms with Crippen molar-refractivity contribution >= 4 is 27.7 Å². The van der Waals surface area contributed by atoms with Gasteiger partial charge in [-0.05, 0) is 40.9 Å². The standard InChI is InChI=1S/C17H19BrN4O3/c18-14-10-22(13-4-2-1-3-5-13)21-17(14)25-11-16(24)19-9-8-15(23)20-12-6-7-12/h1-5,10,12H,6-9,11H2,(H,19,24)(H,20,23). The third-order valence-corrected chi connectivity index (χ3v) is 4.16. The van der Waals surface area contributed by atoms with E-state index >= 15 is 0 Å². The largest absolute Gasteiger partial charge is 0.466 e. The Morgan fingerprint density at radius 1 is 1.24 bits per heavy atom. The number of rotatable bonds is 8. The van der Waals surface area contributed by atoms with Crippen molar-refractivity contribution in [2.24, 2.45) is 0 Å². The summed E-state index contributed by atoms with van der Waals surface area (Å²) in [6, 6.07) is 9.93. The van der Waals surface area contributed by atoms with Crippen LogP contribution in [0.1, 0.15) is 19.3 Å². The Hall–Kier alpha value is -2.35. The highest BCUT2D eigenvalue weighted by Gasteiger charge is 2.22. The first kappa shape index (κ1) is 17.5. The molecule has 0 radical (unpaired) electrons. The van der Waals surface area contributed by atoms with Gasteiger partial charge in [0, 0.05) is 25.2 Å². The second kappa shape index (κ2) is 8.15. The Kier molecular flexibility index (Phi) is 5.70. The van der Waals surface area contributed by atoms with Crippen LogP contribution in [0.15, 0.2) is 41.0 Å². The number of carbonyl (C=O) groups excluding carboxylic acids is 2. The van der Waals surface area contributed by atoms with Gasteiger partial charge in [0.15, 0.2) is 6.61 Å². The fraction of sp³-hybridized carbons (Fsp3) is 0.353. The zero-order chi connectivity index (χ0) is 17.6. The molecule has 0 bridgehead atoms. The molecule has 1 aromatic heterocycles. The van der Waals surface area contributed by atoms with E-state index in [1.807, 2.05) is 30.3 Å².